The number of fused-ring (bicyclic) bond motifs is 1. The first-order valence-electron chi connectivity index (χ1n) is 4.89. The highest BCUT2D eigenvalue weighted by atomic mass is 14.6. The Kier molecular flexibility index (Phi) is 2.17. The van der Waals surface area contributed by atoms with E-state index in [4.69, 9.17) is 5.26 Å². The number of nitrogens with zero attached hydrogens (tertiary/aromatic N) is 2. The summed E-state index contributed by atoms with van der Waals surface area (Å²) in [5, 5.41) is 11.3. The molecule has 0 saturated carbocycles. The first-order valence-corrected chi connectivity index (χ1v) is 4.89. The molecule has 15 heavy (non-hydrogen) atoms. The van der Waals surface area contributed by atoms with Gasteiger partial charge in [-0.2, -0.15) is 5.26 Å². The third kappa shape index (κ3) is 1.57. The largest absolute Gasteiger partial charge is 0.264 e. The molecule has 2 heteroatoms. The van der Waals surface area contributed by atoms with Crippen LogP contribution in [0.15, 0.2) is 36.7 Å². The second-order valence-electron chi connectivity index (χ2n) is 4.14. The van der Waals surface area contributed by atoms with Crippen molar-refractivity contribution in [2.24, 2.45) is 0 Å². The molecule has 0 radical (unpaired) electrons. The van der Waals surface area contributed by atoms with Gasteiger partial charge in [0.05, 0.1) is 11.5 Å². The zero-order chi connectivity index (χ0) is 10.9. The molecule has 0 unspecified atom stereocenters. The van der Waals surface area contributed by atoms with Gasteiger partial charge in [0.2, 0.25) is 0 Å². The lowest BCUT2D eigenvalue weighted by atomic mass is 9.84. The number of nitriles is 1. The normalized spacial score (nSPS) is 11.3. The Hall–Kier alpha value is -1.88. The van der Waals surface area contributed by atoms with Crippen molar-refractivity contribution in [3.63, 3.8) is 0 Å². The molecule has 0 fully saturated rings. The SMILES string of the molecule is CC(C)(C#N)c1cncc2ccccc12. The summed E-state index contributed by atoms with van der Waals surface area (Å²) < 4.78 is 0. The third-order valence-corrected chi connectivity index (χ3v) is 2.62. The van der Waals surface area contributed by atoms with Crippen LogP contribution in [0.4, 0.5) is 0 Å². The van der Waals surface area contributed by atoms with Crippen LogP contribution in [0.25, 0.3) is 10.8 Å². The van der Waals surface area contributed by atoms with Crippen LogP contribution in [0.1, 0.15) is 19.4 Å². The Labute approximate surface area is 89.2 Å². The first-order chi connectivity index (χ1) is 7.15. The lowest BCUT2D eigenvalue weighted by molar-refractivity contribution is 0.690. The molecule has 1 aromatic heterocycles. The number of benzene rings is 1. The van der Waals surface area contributed by atoms with E-state index in [1.807, 2.05) is 44.3 Å². The van der Waals surface area contributed by atoms with Crippen LogP contribution in [0.3, 0.4) is 0 Å². The predicted octanol–water partition coefficient (Wildman–Crippen LogP) is 3.04. The molecule has 2 rings (SSSR count). The summed E-state index contributed by atoms with van der Waals surface area (Å²) >= 11 is 0. The summed E-state index contributed by atoms with van der Waals surface area (Å²) in [5.74, 6) is 0. The Bertz CT molecular complexity index is 530. The van der Waals surface area contributed by atoms with Gasteiger partial charge in [-0.25, -0.2) is 0 Å². The zero-order valence-electron chi connectivity index (χ0n) is 8.86. The van der Waals surface area contributed by atoms with E-state index in [1.54, 1.807) is 6.20 Å². The second-order valence-corrected chi connectivity index (χ2v) is 4.14. The molecule has 0 bridgehead atoms. The summed E-state index contributed by atoms with van der Waals surface area (Å²) in [6, 6.07) is 10.3. The lowest BCUT2D eigenvalue weighted by Gasteiger charge is -2.17. The number of pyridine rings is 1. The summed E-state index contributed by atoms with van der Waals surface area (Å²) in [7, 11) is 0. The average molecular weight is 196 g/mol. The lowest BCUT2D eigenvalue weighted by Crippen LogP contribution is -2.14. The fourth-order valence-corrected chi connectivity index (χ4v) is 1.67. The Morgan fingerprint density at radius 2 is 1.93 bits per heavy atom. The topological polar surface area (TPSA) is 36.7 Å². The molecule has 0 spiro atoms. The van der Waals surface area contributed by atoms with Crippen molar-refractivity contribution in [2.45, 2.75) is 19.3 Å². The van der Waals surface area contributed by atoms with Crippen molar-refractivity contribution in [2.75, 3.05) is 0 Å². The van der Waals surface area contributed by atoms with Crippen LogP contribution in [0.2, 0.25) is 0 Å². The predicted molar refractivity (Wildman–Crippen MR) is 60.4 cm³/mol. The maximum atomic E-state index is 9.13. The minimum Gasteiger partial charge on any atom is -0.264 e. The molecule has 74 valence electrons. The fraction of sp³-hybridized carbons (Fsp3) is 0.231. The van der Waals surface area contributed by atoms with Crippen molar-refractivity contribution in [1.29, 1.82) is 5.26 Å². The molecule has 0 saturated heterocycles. The van der Waals surface area contributed by atoms with Gasteiger partial charge in [-0.1, -0.05) is 24.3 Å². The van der Waals surface area contributed by atoms with Gasteiger partial charge in [-0.3, -0.25) is 4.98 Å². The van der Waals surface area contributed by atoms with E-state index < -0.39 is 5.41 Å². The third-order valence-electron chi connectivity index (χ3n) is 2.62. The summed E-state index contributed by atoms with van der Waals surface area (Å²) in [6.07, 6.45) is 3.61. The summed E-state index contributed by atoms with van der Waals surface area (Å²) in [4.78, 5) is 4.18. The van der Waals surface area contributed by atoms with Crippen LogP contribution in [-0.2, 0) is 5.41 Å². The van der Waals surface area contributed by atoms with Crippen molar-refractivity contribution in [3.05, 3.63) is 42.2 Å². The molecular weight excluding hydrogens is 184 g/mol. The molecule has 0 aliphatic carbocycles. The van der Waals surface area contributed by atoms with E-state index in [9.17, 15) is 0 Å². The quantitative estimate of drug-likeness (QED) is 0.702. The maximum Gasteiger partial charge on any atom is 0.0787 e. The van der Waals surface area contributed by atoms with Gasteiger partial charge in [-0.05, 0) is 24.8 Å². The molecule has 2 nitrogen and oxygen atoms in total. The number of rotatable bonds is 1. The number of hydrogen-bond acceptors (Lipinski definition) is 2. The zero-order valence-corrected chi connectivity index (χ0v) is 8.86. The van der Waals surface area contributed by atoms with Gasteiger partial charge in [0, 0.05) is 17.8 Å². The van der Waals surface area contributed by atoms with Crippen LogP contribution >= 0.6 is 0 Å². The van der Waals surface area contributed by atoms with E-state index in [0.29, 0.717) is 0 Å². The van der Waals surface area contributed by atoms with E-state index in [1.165, 1.54) is 0 Å². The maximum absolute atomic E-state index is 9.13. The van der Waals surface area contributed by atoms with Gasteiger partial charge in [0.1, 0.15) is 0 Å². The molecule has 0 aliphatic rings. The van der Waals surface area contributed by atoms with Crippen LogP contribution in [0.5, 0.6) is 0 Å². The van der Waals surface area contributed by atoms with Crippen LogP contribution < -0.4 is 0 Å². The number of aromatic nitrogens is 1. The first kappa shape index (κ1) is 9.67. The minimum atomic E-state index is -0.492. The smallest absolute Gasteiger partial charge is 0.0787 e. The van der Waals surface area contributed by atoms with Crippen LogP contribution in [-0.4, -0.2) is 4.98 Å². The molecule has 0 aliphatic heterocycles. The van der Waals surface area contributed by atoms with Crippen molar-refractivity contribution in [1.82, 2.24) is 4.98 Å². The summed E-state index contributed by atoms with van der Waals surface area (Å²) in [6.45, 7) is 3.83. The fourth-order valence-electron chi connectivity index (χ4n) is 1.67. The van der Waals surface area contributed by atoms with Gasteiger partial charge < -0.3 is 0 Å². The minimum absolute atomic E-state index is 0.492. The van der Waals surface area contributed by atoms with E-state index in [2.05, 4.69) is 11.1 Å². The number of hydrogen-bond donors (Lipinski definition) is 0. The molecular formula is C13H12N2. The highest BCUT2D eigenvalue weighted by molar-refractivity contribution is 5.85. The van der Waals surface area contributed by atoms with Crippen molar-refractivity contribution in [3.8, 4) is 6.07 Å². The molecule has 1 heterocycles. The van der Waals surface area contributed by atoms with Gasteiger partial charge in [-0.15, -0.1) is 0 Å². The average Bonchev–Trinajstić information content (AvgIpc) is 2.28. The monoisotopic (exact) mass is 196 g/mol. The molecule has 0 N–H and O–H groups in total. The van der Waals surface area contributed by atoms with Crippen molar-refractivity contribution >= 4 is 10.8 Å². The molecule has 1 aromatic carbocycles. The van der Waals surface area contributed by atoms with E-state index in [0.717, 1.165) is 16.3 Å². The molecule has 2 aromatic rings. The standard InChI is InChI=1S/C13H12N2/c1-13(2,9-14)12-8-15-7-10-5-3-4-6-11(10)12/h3-8H,1-2H3. The van der Waals surface area contributed by atoms with E-state index in [-0.39, 0.29) is 0 Å². The van der Waals surface area contributed by atoms with E-state index >= 15 is 0 Å². The Morgan fingerprint density at radius 3 is 2.67 bits per heavy atom. The van der Waals surface area contributed by atoms with Gasteiger partial charge in [0.15, 0.2) is 0 Å². The van der Waals surface area contributed by atoms with Gasteiger partial charge >= 0.3 is 0 Å². The molecule has 0 amide bonds. The van der Waals surface area contributed by atoms with Crippen LogP contribution in [0, 0.1) is 11.3 Å². The Morgan fingerprint density at radius 1 is 1.20 bits per heavy atom. The molecule has 0 atom stereocenters. The second kappa shape index (κ2) is 3.36. The highest BCUT2D eigenvalue weighted by Gasteiger charge is 2.22. The van der Waals surface area contributed by atoms with Crippen molar-refractivity contribution < 1.29 is 0 Å². The summed E-state index contributed by atoms with van der Waals surface area (Å²) in [5.41, 5.74) is 0.497. The Balaban J connectivity index is 2.78. The highest BCUT2D eigenvalue weighted by Crippen LogP contribution is 2.28. The van der Waals surface area contributed by atoms with Gasteiger partial charge in [0.25, 0.3) is 0 Å².